The molecule has 0 bridgehead atoms. The second-order valence-corrected chi connectivity index (χ2v) is 6.73. The van der Waals surface area contributed by atoms with E-state index in [-0.39, 0.29) is 0 Å². The molecule has 1 aliphatic carbocycles. The highest BCUT2D eigenvalue weighted by Gasteiger charge is 2.29. The van der Waals surface area contributed by atoms with Gasteiger partial charge < -0.3 is 4.42 Å². The summed E-state index contributed by atoms with van der Waals surface area (Å²) in [6, 6.07) is 11.8. The molecule has 116 valence electrons. The number of aromatic nitrogens is 3. The van der Waals surface area contributed by atoms with Crippen LogP contribution in [0.25, 0.3) is 11.3 Å². The van der Waals surface area contributed by atoms with Gasteiger partial charge in [-0.1, -0.05) is 28.1 Å². The molecule has 0 atom stereocenters. The zero-order valence-corrected chi connectivity index (χ0v) is 14.5. The number of hydrogen-bond donors (Lipinski definition) is 1. The Morgan fingerprint density at radius 1 is 1.26 bits per heavy atom. The number of halogens is 1. The maximum atomic E-state index is 5.82. The van der Waals surface area contributed by atoms with Gasteiger partial charge in [0.2, 0.25) is 4.77 Å². The van der Waals surface area contributed by atoms with Gasteiger partial charge in [0.25, 0.3) is 0 Å². The van der Waals surface area contributed by atoms with Crippen LogP contribution in [0.2, 0.25) is 0 Å². The van der Waals surface area contributed by atoms with E-state index in [1.807, 2.05) is 36.4 Å². The number of nitrogens with zero attached hydrogens (tertiary/aromatic N) is 3. The van der Waals surface area contributed by atoms with Crippen molar-refractivity contribution in [2.75, 3.05) is 0 Å². The average Bonchev–Trinajstić information content (AvgIpc) is 3.17. The number of furan rings is 1. The summed E-state index contributed by atoms with van der Waals surface area (Å²) in [7, 11) is 0. The Morgan fingerprint density at radius 2 is 2.04 bits per heavy atom. The molecule has 5 nitrogen and oxygen atoms in total. The molecule has 1 N–H and O–H groups in total. The van der Waals surface area contributed by atoms with Gasteiger partial charge in [-0.25, -0.2) is 0 Å². The fraction of sp³-hybridized carbons (Fsp3) is 0.188. The van der Waals surface area contributed by atoms with E-state index in [1.165, 1.54) is 0 Å². The van der Waals surface area contributed by atoms with Crippen molar-refractivity contribution in [3.63, 3.8) is 0 Å². The number of rotatable bonds is 4. The van der Waals surface area contributed by atoms with Crippen LogP contribution < -0.4 is 0 Å². The van der Waals surface area contributed by atoms with Gasteiger partial charge in [-0.05, 0) is 49.3 Å². The summed E-state index contributed by atoms with van der Waals surface area (Å²) in [6.45, 7) is 0. The van der Waals surface area contributed by atoms with Crippen LogP contribution in [0.4, 0.5) is 0 Å². The van der Waals surface area contributed by atoms with Gasteiger partial charge >= 0.3 is 0 Å². The van der Waals surface area contributed by atoms with Gasteiger partial charge in [0.05, 0.1) is 6.21 Å². The van der Waals surface area contributed by atoms with Gasteiger partial charge in [0.15, 0.2) is 5.82 Å². The SMILES string of the molecule is S=c1[nH]nc(C2CC2)n1/N=C\c1ccc(-c2ccc(Br)cc2)o1. The molecular formula is C16H13BrN4OS. The number of nitrogens with one attached hydrogen (secondary N) is 1. The van der Waals surface area contributed by atoms with Crippen LogP contribution in [0.15, 0.2) is 50.4 Å². The van der Waals surface area contributed by atoms with Crippen molar-refractivity contribution in [2.24, 2.45) is 5.10 Å². The van der Waals surface area contributed by atoms with Gasteiger partial charge in [0.1, 0.15) is 11.5 Å². The van der Waals surface area contributed by atoms with E-state index in [1.54, 1.807) is 10.9 Å². The molecule has 3 aromatic rings. The molecule has 2 heterocycles. The van der Waals surface area contributed by atoms with Crippen molar-refractivity contribution in [1.82, 2.24) is 14.9 Å². The van der Waals surface area contributed by atoms with Crippen molar-refractivity contribution in [3.8, 4) is 11.3 Å². The number of aromatic amines is 1. The van der Waals surface area contributed by atoms with Crippen LogP contribution in [-0.4, -0.2) is 21.1 Å². The molecule has 0 spiro atoms. The smallest absolute Gasteiger partial charge is 0.216 e. The molecule has 1 aliphatic rings. The predicted octanol–water partition coefficient (Wildman–Crippen LogP) is 4.72. The minimum absolute atomic E-state index is 0.468. The van der Waals surface area contributed by atoms with Crippen LogP contribution in [0.3, 0.4) is 0 Å². The third kappa shape index (κ3) is 3.07. The molecule has 1 saturated carbocycles. The molecule has 1 fully saturated rings. The maximum absolute atomic E-state index is 5.82. The summed E-state index contributed by atoms with van der Waals surface area (Å²) in [4.78, 5) is 0. The van der Waals surface area contributed by atoms with E-state index in [0.29, 0.717) is 16.4 Å². The molecule has 23 heavy (non-hydrogen) atoms. The van der Waals surface area contributed by atoms with E-state index >= 15 is 0 Å². The lowest BCUT2D eigenvalue weighted by Crippen LogP contribution is -1.96. The highest BCUT2D eigenvalue weighted by molar-refractivity contribution is 9.10. The molecule has 0 unspecified atom stereocenters. The van der Waals surface area contributed by atoms with Crippen molar-refractivity contribution in [3.05, 3.63) is 57.2 Å². The number of H-pyrrole nitrogens is 1. The Kier molecular flexibility index (Phi) is 3.74. The zero-order chi connectivity index (χ0) is 15.8. The van der Waals surface area contributed by atoms with Crippen LogP contribution in [0, 0.1) is 4.77 Å². The minimum Gasteiger partial charge on any atom is -0.455 e. The average molecular weight is 389 g/mol. The summed E-state index contributed by atoms with van der Waals surface area (Å²) in [5, 5.41) is 11.5. The first kappa shape index (κ1) is 14.6. The molecule has 0 aliphatic heterocycles. The summed E-state index contributed by atoms with van der Waals surface area (Å²) >= 11 is 8.65. The first-order valence-corrected chi connectivity index (χ1v) is 8.48. The van der Waals surface area contributed by atoms with E-state index in [2.05, 4.69) is 31.2 Å². The highest BCUT2D eigenvalue weighted by Crippen LogP contribution is 2.38. The molecule has 7 heteroatoms. The van der Waals surface area contributed by atoms with Crippen LogP contribution in [-0.2, 0) is 0 Å². The molecule has 0 radical (unpaired) electrons. The second-order valence-electron chi connectivity index (χ2n) is 5.43. The lowest BCUT2D eigenvalue weighted by Gasteiger charge is -1.97. The van der Waals surface area contributed by atoms with Crippen molar-refractivity contribution < 1.29 is 4.42 Å². The Hall–Kier alpha value is -1.99. The summed E-state index contributed by atoms with van der Waals surface area (Å²) in [5.41, 5.74) is 1.02. The Bertz CT molecular complexity index is 918. The standard InChI is InChI=1S/C16H13BrN4OS/c17-12-5-3-10(4-6-12)14-8-7-13(22-14)9-18-21-15(11-1-2-11)19-20-16(21)23/h3-9,11H,1-2H2,(H,20,23)/b18-9-. The van der Waals surface area contributed by atoms with Gasteiger partial charge in [-0.3, -0.25) is 5.10 Å². The lowest BCUT2D eigenvalue weighted by molar-refractivity contribution is 0.574. The topological polar surface area (TPSA) is 59.1 Å². The van der Waals surface area contributed by atoms with Crippen molar-refractivity contribution >= 4 is 34.4 Å². The maximum Gasteiger partial charge on any atom is 0.216 e. The summed E-state index contributed by atoms with van der Waals surface area (Å²) in [5.74, 6) is 2.84. The highest BCUT2D eigenvalue weighted by atomic mass is 79.9. The zero-order valence-electron chi connectivity index (χ0n) is 12.1. The van der Waals surface area contributed by atoms with Crippen molar-refractivity contribution in [1.29, 1.82) is 0 Å². The van der Waals surface area contributed by atoms with E-state index < -0.39 is 0 Å². The minimum atomic E-state index is 0.468. The van der Waals surface area contributed by atoms with Gasteiger partial charge in [0, 0.05) is 16.0 Å². The van der Waals surface area contributed by atoms with Crippen LogP contribution in [0.1, 0.15) is 30.3 Å². The van der Waals surface area contributed by atoms with Gasteiger partial charge in [-0.15, -0.1) is 0 Å². The second kappa shape index (κ2) is 5.90. The van der Waals surface area contributed by atoms with Gasteiger partial charge in [-0.2, -0.15) is 14.9 Å². The number of hydrogen-bond acceptors (Lipinski definition) is 4. The number of benzene rings is 1. The third-order valence-corrected chi connectivity index (χ3v) is 4.47. The fourth-order valence-electron chi connectivity index (χ4n) is 2.33. The largest absolute Gasteiger partial charge is 0.455 e. The lowest BCUT2D eigenvalue weighted by atomic mass is 10.2. The van der Waals surface area contributed by atoms with Crippen LogP contribution in [0.5, 0.6) is 0 Å². The Balaban J connectivity index is 1.59. The van der Waals surface area contributed by atoms with E-state index in [0.717, 1.165) is 34.5 Å². The molecule has 0 amide bonds. The van der Waals surface area contributed by atoms with Crippen LogP contribution >= 0.6 is 28.1 Å². The molecule has 0 saturated heterocycles. The van der Waals surface area contributed by atoms with E-state index in [9.17, 15) is 0 Å². The molecule has 4 rings (SSSR count). The summed E-state index contributed by atoms with van der Waals surface area (Å²) in [6.07, 6.45) is 3.95. The molecule has 2 aromatic heterocycles. The quantitative estimate of drug-likeness (QED) is 0.519. The monoisotopic (exact) mass is 388 g/mol. The molecule has 1 aromatic carbocycles. The Morgan fingerprint density at radius 3 is 2.78 bits per heavy atom. The predicted molar refractivity (Wildman–Crippen MR) is 94.2 cm³/mol. The van der Waals surface area contributed by atoms with E-state index in [4.69, 9.17) is 16.6 Å². The normalized spacial score (nSPS) is 14.7. The van der Waals surface area contributed by atoms with Crippen molar-refractivity contribution in [2.45, 2.75) is 18.8 Å². The Labute approximate surface area is 146 Å². The first-order valence-electron chi connectivity index (χ1n) is 7.28. The third-order valence-electron chi connectivity index (χ3n) is 3.67. The molecular weight excluding hydrogens is 376 g/mol. The summed E-state index contributed by atoms with van der Waals surface area (Å²) < 4.78 is 9.04. The fourth-order valence-corrected chi connectivity index (χ4v) is 2.78. The first-order chi connectivity index (χ1) is 11.2.